The highest BCUT2D eigenvalue weighted by molar-refractivity contribution is 5.65. The van der Waals surface area contributed by atoms with E-state index in [0.717, 1.165) is 5.56 Å². The molecule has 0 aromatic heterocycles. The Bertz CT molecular complexity index is 388. The van der Waals surface area contributed by atoms with Gasteiger partial charge in [-0.1, -0.05) is 19.1 Å². The maximum absolute atomic E-state index is 10.8. The van der Waals surface area contributed by atoms with E-state index in [2.05, 4.69) is 0 Å². The highest BCUT2D eigenvalue weighted by atomic mass is 16.6. The van der Waals surface area contributed by atoms with Crippen molar-refractivity contribution < 1.29 is 9.53 Å². The van der Waals surface area contributed by atoms with E-state index >= 15 is 0 Å². The van der Waals surface area contributed by atoms with E-state index in [4.69, 9.17) is 16.2 Å². The molecule has 4 heteroatoms. The largest absolute Gasteiger partial charge is 0.443 e. The minimum absolute atomic E-state index is 0.0171. The Morgan fingerprint density at radius 1 is 1.44 bits per heavy atom. The quantitative estimate of drug-likeness (QED) is 0.770. The number of anilines is 1. The SMILES string of the molecule is CC(c1cccc(N)c1)C(C)(C)OC(N)=O. The van der Waals surface area contributed by atoms with Crippen molar-refractivity contribution in [2.24, 2.45) is 5.73 Å². The molecule has 1 aromatic rings. The Balaban J connectivity index is 2.92. The summed E-state index contributed by atoms with van der Waals surface area (Å²) in [6.07, 6.45) is -0.763. The first-order chi connectivity index (χ1) is 7.33. The highest BCUT2D eigenvalue weighted by Crippen LogP contribution is 2.31. The molecule has 0 aliphatic carbocycles. The molecule has 0 fully saturated rings. The number of rotatable bonds is 3. The summed E-state index contributed by atoms with van der Waals surface area (Å²) in [6, 6.07) is 7.52. The number of primary amides is 1. The van der Waals surface area contributed by atoms with Gasteiger partial charge in [0.2, 0.25) is 0 Å². The first-order valence-electron chi connectivity index (χ1n) is 5.17. The number of carbonyl (C=O) groups is 1. The van der Waals surface area contributed by atoms with E-state index in [0.29, 0.717) is 5.69 Å². The molecule has 1 atom stereocenters. The predicted octanol–water partition coefficient (Wildman–Crippen LogP) is 2.25. The zero-order valence-corrected chi connectivity index (χ0v) is 9.86. The fourth-order valence-corrected chi connectivity index (χ4v) is 1.58. The molecule has 0 saturated heterocycles. The van der Waals surface area contributed by atoms with Gasteiger partial charge in [0.15, 0.2) is 0 Å². The summed E-state index contributed by atoms with van der Waals surface area (Å²) in [5.41, 5.74) is 11.8. The van der Waals surface area contributed by atoms with Crippen LogP contribution in [0.5, 0.6) is 0 Å². The first kappa shape index (κ1) is 12.4. The molecule has 0 spiro atoms. The molecule has 88 valence electrons. The van der Waals surface area contributed by atoms with Gasteiger partial charge in [-0.2, -0.15) is 0 Å². The van der Waals surface area contributed by atoms with Crippen molar-refractivity contribution in [2.45, 2.75) is 32.3 Å². The van der Waals surface area contributed by atoms with E-state index in [-0.39, 0.29) is 5.92 Å². The van der Waals surface area contributed by atoms with Crippen LogP contribution < -0.4 is 11.5 Å². The lowest BCUT2D eigenvalue weighted by Gasteiger charge is -2.31. The molecule has 4 nitrogen and oxygen atoms in total. The summed E-state index contributed by atoms with van der Waals surface area (Å²) < 4.78 is 5.09. The third kappa shape index (κ3) is 2.89. The summed E-state index contributed by atoms with van der Waals surface area (Å²) in [6.45, 7) is 5.62. The smallest absolute Gasteiger partial charge is 0.405 e. The number of nitrogen functional groups attached to an aromatic ring is 1. The molecule has 1 rings (SSSR count). The van der Waals surface area contributed by atoms with E-state index in [1.807, 2.05) is 45.0 Å². The molecule has 0 heterocycles. The van der Waals surface area contributed by atoms with Crippen LogP contribution in [0.4, 0.5) is 10.5 Å². The Labute approximate surface area is 95.6 Å². The lowest BCUT2D eigenvalue weighted by molar-refractivity contribution is 0.0282. The zero-order chi connectivity index (χ0) is 12.3. The number of hydrogen-bond acceptors (Lipinski definition) is 3. The van der Waals surface area contributed by atoms with Crippen LogP contribution in [-0.4, -0.2) is 11.7 Å². The number of carbonyl (C=O) groups excluding carboxylic acids is 1. The second kappa shape index (κ2) is 4.43. The van der Waals surface area contributed by atoms with Crippen LogP contribution in [0, 0.1) is 0 Å². The molecule has 0 saturated carbocycles. The monoisotopic (exact) mass is 222 g/mol. The van der Waals surface area contributed by atoms with Gasteiger partial charge in [0.1, 0.15) is 5.60 Å². The topological polar surface area (TPSA) is 78.3 Å². The zero-order valence-electron chi connectivity index (χ0n) is 9.86. The van der Waals surface area contributed by atoms with Crippen LogP contribution >= 0.6 is 0 Å². The van der Waals surface area contributed by atoms with Crippen LogP contribution in [0.1, 0.15) is 32.3 Å². The lowest BCUT2D eigenvalue weighted by atomic mass is 9.86. The van der Waals surface area contributed by atoms with Gasteiger partial charge in [0.25, 0.3) is 0 Å². The minimum Gasteiger partial charge on any atom is -0.443 e. The van der Waals surface area contributed by atoms with Gasteiger partial charge in [0.05, 0.1) is 0 Å². The van der Waals surface area contributed by atoms with Gasteiger partial charge in [-0.05, 0) is 31.5 Å². The molecule has 0 aliphatic rings. The number of hydrogen-bond donors (Lipinski definition) is 2. The van der Waals surface area contributed by atoms with Crippen molar-refractivity contribution in [1.29, 1.82) is 0 Å². The number of nitrogens with two attached hydrogens (primary N) is 2. The van der Waals surface area contributed by atoms with E-state index in [9.17, 15) is 4.79 Å². The molecule has 16 heavy (non-hydrogen) atoms. The third-order valence-corrected chi connectivity index (χ3v) is 2.82. The van der Waals surface area contributed by atoms with Crippen molar-refractivity contribution in [1.82, 2.24) is 0 Å². The third-order valence-electron chi connectivity index (χ3n) is 2.82. The molecule has 1 aromatic carbocycles. The van der Waals surface area contributed by atoms with Crippen molar-refractivity contribution in [3.63, 3.8) is 0 Å². The molecule has 1 amide bonds. The summed E-state index contributed by atoms with van der Waals surface area (Å²) >= 11 is 0. The Morgan fingerprint density at radius 3 is 2.56 bits per heavy atom. The van der Waals surface area contributed by atoms with Crippen molar-refractivity contribution >= 4 is 11.8 Å². The van der Waals surface area contributed by atoms with Gasteiger partial charge in [-0.15, -0.1) is 0 Å². The Morgan fingerprint density at radius 2 is 2.06 bits per heavy atom. The van der Waals surface area contributed by atoms with Gasteiger partial charge in [-0.25, -0.2) is 4.79 Å². The summed E-state index contributed by atoms with van der Waals surface area (Å²) in [5.74, 6) is 0.0171. The van der Waals surface area contributed by atoms with Crippen molar-refractivity contribution in [2.75, 3.05) is 5.73 Å². The molecular formula is C12H18N2O2. The second-order valence-electron chi connectivity index (χ2n) is 4.42. The maximum Gasteiger partial charge on any atom is 0.405 e. The van der Waals surface area contributed by atoms with Gasteiger partial charge >= 0.3 is 6.09 Å². The van der Waals surface area contributed by atoms with Crippen LogP contribution in [-0.2, 0) is 4.74 Å². The summed E-state index contributed by atoms with van der Waals surface area (Å²) in [4.78, 5) is 10.8. The van der Waals surface area contributed by atoms with E-state index in [1.165, 1.54) is 0 Å². The van der Waals surface area contributed by atoms with Crippen LogP contribution in [0.3, 0.4) is 0 Å². The van der Waals surface area contributed by atoms with Gasteiger partial charge in [0, 0.05) is 11.6 Å². The maximum atomic E-state index is 10.8. The Hall–Kier alpha value is -1.71. The van der Waals surface area contributed by atoms with E-state index < -0.39 is 11.7 Å². The average Bonchev–Trinajstić information content (AvgIpc) is 2.14. The number of amides is 1. The molecular weight excluding hydrogens is 204 g/mol. The second-order valence-corrected chi connectivity index (χ2v) is 4.42. The molecule has 1 unspecified atom stereocenters. The molecule has 0 aliphatic heterocycles. The predicted molar refractivity (Wildman–Crippen MR) is 64.0 cm³/mol. The van der Waals surface area contributed by atoms with Crippen molar-refractivity contribution in [3.8, 4) is 0 Å². The molecule has 0 bridgehead atoms. The average molecular weight is 222 g/mol. The summed E-state index contributed by atoms with van der Waals surface area (Å²) in [5, 5.41) is 0. The van der Waals surface area contributed by atoms with Crippen molar-refractivity contribution in [3.05, 3.63) is 29.8 Å². The lowest BCUT2D eigenvalue weighted by Crippen LogP contribution is -2.36. The molecule has 4 N–H and O–H groups in total. The normalized spacial score (nSPS) is 13.2. The summed E-state index contributed by atoms with van der Waals surface area (Å²) in [7, 11) is 0. The fraction of sp³-hybridized carbons (Fsp3) is 0.417. The Kier molecular flexibility index (Phi) is 3.42. The standard InChI is InChI=1S/C12H18N2O2/c1-8(12(2,3)16-11(14)15)9-5-4-6-10(13)7-9/h4-8H,13H2,1-3H3,(H2,14,15). The highest BCUT2D eigenvalue weighted by Gasteiger charge is 2.30. The first-order valence-corrected chi connectivity index (χ1v) is 5.17. The van der Waals surface area contributed by atoms with Crippen LogP contribution in [0.25, 0.3) is 0 Å². The molecule has 0 radical (unpaired) electrons. The minimum atomic E-state index is -0.763. The van der Waals surface area contributed by atoms with Crippen LogP contribution in [0.15, 0.2) is 24.3 Å². The van der Waals surface area contributed by atoms with Crippen LogP contribution in [0.2, 0.25) is 0 Å². The van der Waals surface area contributed by atoms with E-state index in [1.54, 1.807) is 0 Å². The number of benzene rings is 1. The van der Waals surface area contributed by atoms with Gasteiger partial charge < -0.3 is 16.2 Å². The fourth-order valence-electron chi connectivity index (χ4n) is 1.58. The number of ether oxygens (including phenoxy) is 1. The van der Waals surface area contributed by atoms with Gasteiger partial charge in [-0.3, -0.25) is 0 Å².